The van der Waals surface area contributed by atoms with E-state index in [9.17, 15) is 29.1 Å². The fourth-order valence-corrected chi connectivity index (χ4v) is 14.2. The smallest absolute Gasteiger partial charge is 0.323 e. The van der Waals surface area contributed by atoms with E-state index < -0.39 is 41.0 Å². The maximum absolute atomic E-state index is 14.8. The number of esters is 4. The molecule has 9 aliphatic rings. The van der Waals surface area contributed by atoms with Gasteiger partial charge in [0.2, 0.25) is 0 Å². The van der Waals surface area contributed by atoms with Gasteiger partial charge in [0.1, 0.15) is 30.1 Å². The van der Waals surface area contributed by atoms with Gasteiger partial charge in [-0.15, -0.1) is 0 Å². The van der Waals surface area contributed by atoms with E-state index in [1.54, 1.807) is 0 Å². The van der Waals surface area contributed by atoms with Crippen molar-refractivity contribution in [1.82, 2.24) is 9.80 Å². The van der Waals surface area contributed by atoms with Crippen molar-refractivity contribution in [2.24, 2.45) is 58.7 Å². The second kappa shape index (κ2) is 13.3. The highest BCUT2D eigenvalue weighted by Crippen LogP contribution is 2.73. The summed E-state index contributed by atoms with van der Waals surface area (Å²) in [4.78, 5) is 71.8. The number of Topliss-reactive ketones (excluding diaryl/α,β-unsaturated/α-hetero) is 1. The predicted molar refractivity (Wildman–Crippen MR) is 192 cm³/mol. The first-order valence-electron chi connectivity index (χ1n) is 20.6. The number of ether oxygens (including phenoxy) is 4. The van der Waals surface area contributed by atoms with Gasteiger partial charge in [-0.2, -0.15) is 0 Å². The van der Waals surface area contributed by atoms with Crippen molar-refractivity contribution in [3.63, 3.8) is 0 Å². The summed E-state index contributed by atoms with van der Waals surface area (Å²) in [7, 11) is 2.80. The number of nitrogens with zero attached hydrogens (tertiary/aromatic N) is 2. The molecule has 0 amide bonds. The van der Waals surface area contributed by atoms with Gasteiger partial charge < -0.3 is 24.1 Å². The Labute approximate surface area is 317 Å². The van der Waals surface area contributed by atoms with E-state index in [-0.39, 0.29) is 83.7 Å². The normalized spacial score (nSPS) is 47.1. The minimum atomic E-state index is -1.39. The van der Waals surface area contributed by atoms with Gasteiger partial charge in [0.25, 0.3) is 0 Å². The molecular formula is C42H56N2O10. The molecule has 0 aromatic carbocycles. The Morgan fingerprint density at radius 2 is 1.33 bits per heavy atom. The predicted octanol–water partition coefficient (Wildman–Crippen LogP) is 3.25. The lowest BCUT2D eigenvalue weighted by Crippen LogP contribution is -2.56. The van der Waals surface area contributed by atoms with Crippen LogP contribution in [0.5, 0.6) is 0 Å². The van der Waals surface area contributed by atoms with Crippen LogP contribution in [0.3, 0.4) is 0 Å². The van der Waals surface area contributed by atoms with Crippen LogP contribution in [0.25, 0.3) is 0 Å². The van der Waals surface area contributed by atoms with Gasteiger partial charge >= 0.3 is 23.9 Å². The zero-order chi connectivity index (χ0) is 37.8. The molecule has 0 bridgehead atoms. The summed E-state index contributed by atoms with van der Waals surface area (Å²) in [6.07, 6.45) is 6.72. The molecule has 294 valence electrons. The van der Waals surface area contributed by atoms with Gasteiger partial charge in [-0.25, -0.2) is 0 Å². The van der Waals surface area contributed by atoms with E-state index in [1.807, 2.05) is 0 Å². The molecule has 1 N–H and O–H groups in total. The Balaban J connectivity index is 1.02. The number of ketones is 1. The monoisotopic (exact) mass is 748 g/mol. The van der Waals surface area contributed by atoms with Gasteiger partial charge in [0.15, 0.2) is 0 Å². The van der Waals surface area contributed by atoms with Gasteiger partial charge in [-0.1, -0.05) is 24.3 Å². The molecule has 1 spiro atoms. The van der Waals surface area contributed by atoms with Crippen molar-refractivity contribution < 1.29 is 48.0 Å². The van der Waals surface area contributed by atoms with Crippen molar-refractivity contribution in [2.75, 3.05) is 40.4 Å². The number of hydrogen-bond donors (Lipinski definition) is 1. The summed E-state index contributed by atoms with van der Waals surface area (Å²) in [6.45, 7) is 11.3. The third kappa shape index (κ3) is 5.06. The number of fused-ring (bicyclic) bond motifs is 10. The number of rotatable bonds is 6. The molecule has 4 unspecified atom stereocenters. The lowest BCUT2D eigenvalue weighted by Gasteiger charge is -2.46. The summed E-state index contributed by atoms with van der Waals surface area (Å²) >= 11 is 0. The Bertz CT molecular complexity index is 1660. The van der Waals surface area contributed by atoms with Gasteiger partial charge in [0.05, 0.1) is 37.1 Å². The van der Waals surface area contributed by atoms with Gasteiger partial charge in [-0.3, -0.25) is 33.8 Å². The second-order valence-electron chi connectivity index (χ2n) is 18.3. The summed E-state index contributed by atoms with van der Waals surface area (Å²) < 4.78 is 23.0. The molecule has 4 aliphatic heterocycles. The standard InChI is InChI=1S/C42H56N2O10/c1-21-9-12-24-28(20-44-16-6-8-31(44)40(49)52-4)38(47)54-36(24)34-25(21)17-32(45)41(34)14-13-29-33-26(18-42(29,41)50)22(2)10-11-23-27(37(46)53-35(23)33)19-43-15-5-7-30(43)39(48)51-3/h23-31,33-36,50H,1-2,5-20H2,3-4H3/t23-,24-,25-,26-,27?,28?,29+,30?,31?,33+,34-,35-,36-,41+,42+/m0/s1. The number of carbonyl (C=O) groups is 5. The zero-order valence-corrected chi connectivity index (χ0v) is 31.7. The molecule has 5 saturated carbocycles. The lowest BCUT2D eigenvalue weighted by atomic mass is 9.60. The van der Waals surface area contributed by atoms with Crippen LogP contribution in [-0.4, -0.2) is 115 Å². The maximum Gasteiger partial charge on any atom is 0.323 e. The largest absolute Gasteiger partial charge is 0.468 e. The third-order valence-electron chi connectivity index (χ3n) is 16.5. The number of aliphatic hydroxyl groups is 1. The lowest BCUT2D eigenvalue weighted by molar-refractivity contribution is -0.167. The van der Waals surface area contributed by atoms with Crippen LogP contribution in [0.15, 0.2) is 24.3 Å². The Morgan fingerprint density at radius 3 is 1.91 bits per heavy atom. The van der Waals surface area contributed by atoms with Crippen molar-refractivity contribution in [1.29, 1.82) is 0 Å². The SMILES string of the molecule is C=C1CC[C@H]2C(CN3CCCC3C(=O)OC)C(=O)O[C@@H]2[C@H]2[C@H]3CC[C@]4(C(=O)C[C@H]5C(=C)CC[C@H]6C(CN7CCCC7C(=O)OC)C(=O)O[C@@H]6[C@H]54)[C@@]3(O)C[C@@H]12. The number of methoxy groups -OCH3 is 2. The van der Waals surface area contributed by atoms with Crippen LogP contribution < -0.4 is 0 Å². The second-order valence-corrected chi connectivity index (χ2v) is 18.3. The Morgan fingerprint density at radius 1 is 0.796 bits per heavy atom. The van der Waals surface area contributed by atoms with Crippen molar-refractivity contribution in [3.8, 4) is 0 Å². The van der Waals surface area contributed by atoms with E-state index in [0.29, 0.717) is 71.0 Å². The van der Waals surface area contributed by atoms with Crippen LogP contribution in [0, 0.1) is 58.7 Å². The van der Waals surface area contributed by atoms with Gasteiger partial charge in [0, 0.05) is 43.2 Å². The summed E-state index contributed by atoms with van der Waals surface area (Å²) in [5, 5.41) is 13.4. The van der Waals surface area contributed by atoms with Crippen LogP contribution in [0.1, 0.15) is 77.0 Å². The minimum absolute atomic E-state index is 0.0388. The van der Waals surface area contributed by atoms with E-state index >= 15 is 0 Å². The van der Waals surface area contributed by atoms with Crippen molar-refractivity contribution >= 4 is 29.7 Å². The van der Waals surface area contributed by atoms with E-state index in [0.717, 1.165) is 37.0 Å². The molecule has 0 radical (unpaired) electrons. The van der Waals surface area contributed by atoms with Crippen LogP contribution >= 0.6 is 0 Å². The van der Waals surface area contributed by atoms with Crippen LogP contribution in [-0.2, 0) is 42.9 Å². The molecule has 12 heteroatoms. The first kappa shape index (κ1) is 36.5. The molecule has 4 saturated heterocycles. The van der Waals surface area contributed by atoms with Crippen LogP contribution in [0.2, 0.25) is 0 Å². The highest BCUT2D eigenvalue weighted by molar-refractivity contribution is 5.91. The average Bonchev–Trinajstić information content (AvgIpc) is 4.01. The first-order valence-corrected chi connectivity index (χ1v) is 20.6. The van der Waals surface area contributed by atoms with Crippen molar-refractivity contribution in [3.05, 3.63) is 24.3 Å². The summed E-state index contributed by atoms with van der Waals surface area (Å²) in [5.74, 6) is -3.35. The molecule has 54 heavy (non-hydrogen) atoms. The summed E-state index contributed by atoms with van der Waals surface area (Å²) in [6, 6.07) is -0.752. The number of carbonyl (C=O) groups excluding carboxylic acids is 5. The topological polar surface area (TPSA) is 149 Å². The number of likely N-dealkylation sites (tertiary alicyclic amines) is 2. The van der Waals surface area contributed by atoms with Gasteiger partial charge in [-0.05, 0) is 101 Å². The maximum atomic E-state index is 14.8. The minimum Gasteiger partial charge on any atom is -0.468 e. The molecule has 5 aliphatic carbocycles. The molecule has 15 atom stereocenters. The molecular weight excluding hydrogens is 692 g/mol. The molecule has 0 aromatic rings. The molecule has 9 fully saturated rings. The fourth-order valence-electron chi connectivity index (χ4n) is 14.2. The van der Waals surface area contributed by atoms with E-state index in [1.165, 1.54) is 14.2 Å². The van der Waals surface area contributed by atoms with E-state index in [2.05, 4.69) is 23.0 Å². The highest BCUT2D eigenvalue weighted by Gasteiger charge is 2.78. The fraction of sp³-hybridized carbons (Fsp3) is 0.786. The Kier molecular flexibility index (Phi) is 8.97. The quantitative estimate of drug-likeness (QED) is 0.242. The highest BCUT2D eigenvalue weighted by atomic mass is 16.6. The number of allylic oxidation sites excluding steroid dienone is 2. The molecule has 9 rings (SSSR count). The first-order chi connectivity index (χ1) is 25.9. The average molecular weight is 749 g/mol. The zero-order valence-electron chi connectivity index (χ0n) is 31.7. The van der Waals surface area contributed by atoms with Crippen molar-refractivity contribution in [2.45, 2.75) is 107 Å². The Hall–Kier alpha value is -3.09. The number of hydrogen-bond acceptors (Lipinski definition) is 12. The molecule has 0 aromatic heterocycles. The molecule has 12 nitrogen and oxygen atoms in total. The molecule has 4 heterocycles. The van der Waals surface area contributed by atoms with E-state index in [4.69, 9.17) is 18.9 Å². The third-order valence-corrected chi connectivity index (χ3v) is 16.5. The summed E-state index contributed by atoms with van der Waals surface area (Å²) in [5.41, 5.74) is -0.474. The van der Waals surface area contributed by atoms with Crippen LogP contribution in [0.4, 0.5) is 0 Å².